The van der Waals surface area contributed by atoms with Crippen LogP contribution in [0.5, 0.6) is 0 Å². The van der Waals surface area contributed by atoms with Crippen LogP contribution in [-0.4, -0.2) is 17.0 Å². The number of nitrogens with two attached hydrogens (primary N) is 1. The van der Waals surface area contributed by atoms with E-state index in [-0.39, 0.29) is 5.54 Å². The molecule has 1 aliphatic carbocycles. The summed E-state index contributed by atoms with van der Waals surface area (Å²) in [7, 11) is 0. The van der Waals surface area contributed by atoms with Gasteiger partial charge in [0.05, 0.1) is 0 Å². The molecule has 0 heterocycles. The Hall–Kier alpha value is 0.310. The van der Waals surface area contributed by atoms with E-state index in [1.54, 1.807) is 0 Å². The SMILES string of the molecule is CCSCC(C)(C)C1(N)CC1. The Labute approximate surface area is 74.1 Å². The van der Waals surface area contributed by atoms with Gasteiger partial charge in [0.2, 0.25) is 0 Å². The Kier molecular flexibility index (Phi) is 2.55. The first-order valence-corrected chi connectivity index (χ1v) is 5.54. The standard InChI is InChI=1S/C9H19NS/c1-4-11-7-8(2,3)9(10)5-6-9/h4-7,10H2,1-3H3. The maximum atomic E-state index is 6.15. The van der Waals surface area contributed by atoms with Crippen molar-refractivity contribution in [3.05, 3.63) is 0 Å². The molecule has 0 aliphatic heterocycles. The maximum absolute atomic E-state index is 6.15. The Balaban J connectivity index is 2.39. The first-order valence-electron chi connectivity index (χ1n) is 4.38. The van der Waals surface area contributed by atoms with Crippen LogP contribution in [0.15, 0.2) is 0 Å². The molecule has 1 fully saturated rings. The number of rotatable bonds is 4. The Morgan fingerprint density at radius 1 is 1.45 bits per heavy atom. The van der Waals surface area contributed by atoms with Crippen molar-refractivity contribution in [3.63, 3.8) is 0 Å². The molecular formula is C9H19NS. The minimum absolute atomic E-state index is 0.176. The third-order valence-electron chi connectivity index (χ3n) is 2.80. The topological polar surface area (TPSA) is 26.0 Å². The van der Waals surface area contributed by atoms with E-state index >= 15 is 0 Å². The van der Waals surface area contributed by atoms with Crippen LogP contribution in [0.3, 0.4) is 0 Å². The van der Waals surface area contributed by atoms with Gasteiger partial charge in [0, 0.05) is 11.3 Å². The molecule has 0 saturated heterocycles. The molecule has 0 bridgehead atoms. The fraction of sp³-hybridized carbons (Fsp3) is 1.00. The molecular weight excluding hydrogens is 154 g/mol. The molecule has 11 heavy (non-hydrogen) atoms. The summed E-state index contributed by atoms with van der Waals surface area (Å²) in [5.41, 5.74) is 6.67. The average molecular weight is 173 g/mol. The second kappa shape index (κ2) is 2.98. The van der Waals surface area contributed by atoms with Gasteiger partial charge >= 0.3 is 0 Å². The van der Waals surface area contributed by atoms with Gasteiger partial charge in [-0.2, -0.15) is 11.8 Å². The van der Waals surface area contributed by atoms with Crippen LogP contribution in [0, 0.1) is 5.41 Å². The number of hydrogen-bond donors (Lipinski definition) is 1. The number of hydrogen-bond acceptors (Lipinski definition) is 2. The lowest BCUT2D eigenvalue weighted by molar-refractivity contribution is 0.309. The highest BCUT2D eigenvalue weighted by atomic mass is 32.2. The quantitative estimate of drug-likeness (QED) is 0.705. The third-order valence-corrected chi connectivity index (χ3v) is 4.14. The molecule has 2 heteroatoms. The molecule has 0 radical (unpaired) electrons. The van der Waals surface area contributed by atoms with Crippen LogP contribution in [0.4, 0.5) is 0 Å². The minimum Gasteiger partial charge on any atom is -0.325 e. The minimum atomic E-state index is 0.176. The van der Waals surface area contributed by atoms with Gasteiger partial charge < -0.3 is 5.73 Å². The highest BCUT2D eigenvalue weighted by Gasteiger charge is 2.50. The first-order chi connectivity index (χ1) is 5.02. The van der Waals surface area contributed by atoms with Crippen LogP contribution in [0.1, 0.15) is 33.6 Å². The lowest BCUT2D eigenvalue weighted by Gasteiger charge is -2.31. The highest BCUT2D eigenvalue weighted by molar-refractivity contribution is 7.99. The van der Waals surface area contributed by atoms with Crippen molar-refractivity contribution in [2.24, 2.45) is 11.1 Å². The zero-order valence-corrected chi connectivity index (χ0v) is 8.63. The molecule has 66 valence electrons. The van der Waals surface area contributed by atoms with Crippen LogP contribution in [0.25, 0.3) is 0 Å². The molecule has 0 aromatic rings. The fourth-order valence-electron chi connectivity index (χ4n) is 1.31. The molecule has 1 saturated carbocycles. The monoisotopic (exact) mass is 173 g/mol. The molecule has 0 aromatic heterocycles. The van der Waals surface area contributed by atoms with E-state index in [0.29, 0.717) is 5.41 Å². The van der Waals surface area contributed by atoms with E-state index in [1.165, 1.54) is 24.3 Å². The lowest BCUT2D eigenvalue weighted by atomic mass is 9.85. The van der Waals surface area contributed by atoms with Crippen molar-refractivity contribution in [2.45, 2.75) is 39.2 Å². The number of thioether (sulfide) groups is 1. The summed E-state index contributed by atoms with van der Waals surface area (Å²) in [5, 5.41) is 0. The summed E-state index contributed by atoms with van der Waals surface area (Å²) in [5.74, 6) is 2.42. The first kappa shape index (κ1) is 9.40. The predicted octanol–water partition coefficient (Wildman–Crippen LogP) is 2.26. The van der Waals surface area contributed by atoms with Gasteiger partial charge in [0.1, 0.15) is 0 Å². The van der Waals surface area contributed by atoms with Crippen LogP contribution < -0.4 is 5.73 Å². The highest BCUT2D eigenvalue weighted by Crippen LogP contribution is 2.48. The molecule has 1 rings (SSSR count). The van der Waals surface area contributed by atoms with E-state index in [9.17, 15) is 0 Å². The predicted molar refractivity (Wildman–Crippen MR) is 52.9 cm³/mol. The summed E-state index contributed by atoms with van der Waals surface area (Å²) >= 11 is 2.00. The zero-order chi connectivity index (χ0) is 8.54. The molecule has 0 amide bonds. The normalized spacial score (nSPS) is 21.8. The lowest BCUT2D eigenvalue weighted by Crippen LogP contribution is -2.41. The molecule has 0 spiro atoms. The summed E-state index contributed by atoms with van der Waals surface area (Å²) in [6.45, 7) is 6.79. The molecule has 0 atom stereocenters. The van der Waals surface area contributed by atoms with Crippen LogP contribution in [-0.2, 0) is 0 Å². The Bertz CT molecular complexity index is 138. The van der Waals surface area contributed by atoms with Gasteiger partial charge in [-0.1, -0.05) is 20.8 Å². The van der Waals surface area contributed by atoms with E-state index in [4.69, 9.17) is 5.73 Å². The zero-order valence-electron chi connectivity index (χ0n) is 7.81. The van der Waals surface area contributed by atoms with Crippen molar-refractivity contribution in [3.8, 4) is 0 Å². The van der Waals surface area contributed by atoms with Gasteiger partial charge in [0.15, 0.2) is 0 Å². The van der Waals surface area contributed by atoms with Crippen LogP contribution in [0.2, 0.25) is 0 Å². The summed E-state index contributed by atoms with van der Waals surface area (Å²) in [6, 6.07) is 0. The Morgan fingerprint density at radius 2 is 2.00 bits per heavy atom. The van der Waals surface area contributed by atoms with Crippen LogP contribution >= 0.6 is 11.8 Å². The van der Waals surface area contributed by atoms with Gasteiger partial charge in [-0.05, 0) is 24.0 Å². The Morgan fingerprint density at radius 3 is 2.36 bits per heavy atom. The molecule has 1 aliphatic rings. The van der Waals surface area contributed by atoms with E-state index in [1.807, 2.05) is 11.8 Å². The second-order valence-electron chi connectivity index (χ2n) is 4.18. The van der Waals surface area contributed by atoms with E-state index in [2.05, 4.69) is 20.8 Å². The summed E-state index contributed by atoms with van der Waals surface area (Å²) < 4.78 is 0. The fourth-order valence-corrected chi connectivity index (χ4v) is 2.31. The van der Waals surface area contributed by atoms with E-state index in [0.717, 1.165) is 0 Å². The molecule has 1 nitrogen and oxygen atoms in total. The van der Waals surface area contributed by atoms with Gasteiger partial charge in [-0.3, -0.25) is 0 Å². The van der Waals surface area contributed by atoms with E-state index < -0.39 is 0 Å². The van der Waals surface area contributed by atoms with Crippen molar-refractivity contribution in [2.75, 3.05) is 11.5 Å². The van der Waals surface area contributed by atoms with Crippen molar-refractivity contribution in [1.29, 1.82) is 0 Å². The third kappa shape index (κ3) is 1.91. The smallest absolute Gasteiger partial charge is 0.0215 e. The van der Waals surface area contributed by atoms with Crippen molar-refractivity contribution in [1.82, 2.24) is 0 Å². The second-order valence-corrected chi connectivity index (χ2v) is 5.45. The summed E-state index contributed by atoms with van der Waals surface area (Å²) in [6.07, 6.45) is 2.45. The van der Waals surface area contributed by atoms with Gasteiger partial charge in [-0.25, -0.2) is 0 Å². The summed E-state index contributed by atoms with van der Waals surface area (Å²) in [4.78, 5) is 0. The van der Waals surface area contributed by atoms with Gasteiger partial charge in [-0.15, -0.1) is 0 Å². The van der Waals surface area contributed by atoms with Crippen molar-refractivity contribution < 1.29 is 0 Å². The maximum Gasteiger partial charge on any atom is 0.0215 e. The van der Waals surface area contributed by atoms with Gasteiger partial charge in [0.25, 0.3) is 0 Å². The molecule has 2 N–H and O–H groups in total. The largest absolute Gasteiger partial charge is 0.325 e. The van der Waals surface area contributed by atoms with Crippen molar-refractivity contribution >= 4 is 11.8 Å². The molecule has 0 aromatic carbocycles. The molecule has 0 unspecified atom stereocenters. The average Bonchev–Trinajstić information content (AvgIpc) is 2.65.